The second-order valence-electron chi connectivity index (χ2n) is 4.26. The fraction of sp³-hybridized carbons (Fsp3) is 0.200. The Morgan fingerprint density at radius 1 is 1.11 bits per heavy atom. The van der Waals surface area contributed by atoms with Crippen molar-refractivity contribution in [3.63, 3.8) is 0 Å². The second kappa shape index (κ2) is 5.91. The molecule has 0 amide bonds. The molecule has 0 spiro atoms. The van der Waals surface area contributed by atoms with Crippen LogP contribution in [0.2, 0.25) is 0 Å². The topological polar surface area (TPSA) is 24.1 Å². The Balaban J connectivity index is 2.06. The lowest BCUT2D eigenvalue weighted by atomic mass is 10.1. The first kappa shape index (κ1) is 13.0. The Hall–Kier alpha value is -1.48. The number of rotatable bonds is 4. The smallest absolute Gasteiger partial charge is 0.0401 e. The van der Waals surface area contributed by atoms with E-state index in [1.807, 2.05) is 7.05 Å². The number of nitrogens with one attached hydrogen (secondary N) is 2. The van der Waals surface area contributed by atoms with Crippen LogP contribution in [0.15, 0.2) is 46.9 Å². The third-order valence-corrected chi connectivity index (χ3v) is 3.38. The monoisotopic (exact) mass is 304 g/mol. The molecule has 0 atom stereocenters. The fourth-order valence-corrected chi connectivity index (χ4v) is 2.34. The van der Waals surface area contributed by atoms with Crippen molar-refractivity contribution in [2.75, 3.05) is 17.7 Å². The molecule has 18 heavy (non-hydrogen) atoms. The minimum absolute atomic E-state index is 0.831. The number of hydrogen-bond acceptors (Lipinski definition) is 2. The van der Waals surface area contributed by atoms with Crippen LogP contribution < -0.4 is 10.6 Å². The summed E-state index contributed by atoms with van der Waals surface area (Å²) in [7, 11) is 1.94. The predicted octanol–water partition coefficient (Wildman–Crippen LogP) is 4.41. The summed E-state index contributed by atoms with van der Waals surface area (Å²) < 4.78 is 1.11. The van der Waals surface area contributed by atoms with Gasteiger partial charge >= 0.3 is 0 Å². The summed E-state index contributed by atoms with van der Waals surface area (Å²) in [6, 6.07) is 14.7. The minimum Gasteiger partial charge on any atom is -0.388 e. The van der Waals surface area contributed by atoms with Gasteiger partial charge in [0.15, 0.2) is 0 Å². The number of halogens is 1. The summed E-state index contributed by atoms with van der Waals surface area (Å²) in [4.78, 5) is 0. The van der Waals surface area contributed by atoms with E-state index in [2.05, 4.69) is 76.0 Å². The standard InChI is InChI=1S/C15H17BrN2/c1-11-8-13(16)6-7-15(11)18-10-12-4-3-5-14(9-12)17-2/h3-9,17-18H,10H2,1-2H3. The van der Waals surface area contributed by atoms with E-state index in [0.29, 0.717) is 0 Å². The Labute approximate surface area is 117 Å². The van der Waals surface area contributed by atoms with Crippen molar-refractivity contribution in [1.82, 2.24) is 0 Å². The highest BCUT2D eigenvalue weighted by Crippen LogP contribution is 2.21. The van der Waals surface area contributed by atoms with Crippen LogP contribution in [0.25, 0.3) is 0 Å². The Morgan fingerprint density at radius 2 is 1.94 bits per heavy atom. The highest BCUT2D eigenvalue weighted by atomic mass is 79.9. The van der Waals surface area contributed by atoms with Gasteiger partial charge in [0.2, 0.25) is 0 Å². The van der Waals surface area contributed by atoms with Gasteiger partial charge in [-0.1, -0.05) is 28.1 Å². The van der Waals surface area contributed by atoms with Crippen molar-refractivity contribution in [2.24, 2.45) is 0 Å². The number of anilines is 2. The van der Waals surface area contributed by atoms with Gasteiger partial charge in [-0.05, 0) is 48.4 Å². The van der Waals surface area contributed by atoms with Crippen molar-refractivity contribution in [2.45, 2.75) is 13.5 Å². The van der Waals surface area contributed by atoms with Gasteiger partial charge in [-0.2, -0.15) is 0 Å². The van der Waals surface area contributed by atoms with E-state index in [-0.39, 0.29) is 0 Å². The second-order valence-corrected chi connectivity index (χ2v) is 5.18. The van der Waals surface area contributed by atoms with Crippen LogP contribution in [0.5, 0.6) is 0 Å². The van der Waals surface area contributed by atoms with Crippen LogP contribution in [0.1, 0.15) is 11.1 Å². The first-order valence-electron chi connectivity index (χ1n) is 5.96. The maximum atomic E-state index is 3.48. The molecule has 0 aromatic heterocycles. The van der Waals surface area contributed by atoms with E-state index in [9.17, 15) is 0 Å². The summed E-state index contributed by atoms with van der Waals surface area (Å²) in [6.07, 6.45) is 0. The summed E-state index contributed by atoms with van der Waals surface area (Å²) in [5.74, 6) is 0. The van der Waals surface area contributed by atoms with Crippen LogP contribution in [0, 0.1) is 6.92 Å². The van der Waals surface area contributed by atoms with Gasteiger partial charge < -0.3 is 10.6 Å². The molecule has 0 aliphatic heterocycles. The largest absolute Gasteiger partial charge is 0.388 e. The van der Waals surface area contributed by atoms with E-state index in [1.165, 1.54) is 16.8 Å². The van der Waals surface area contributed by atoms with Crippen LogP contribution in [-0.4, -0.2) is 7.05 Å². The summed E-state index contributed by atoms with van der Waals surface area (Å²) in [5.41, 5.74) is 4.83. The SMILES string of the molecule is CNc1cccc(CNc2ccc(Br)cc2C)c1. The van der Waals surface area contributed by atoms with Crippen molar-refractivity contribution in [3.8, 4) is 0 Å². The summed E-state index contributed by atoms with van der Waals surface area (Å²) in [5, 5.41) is 6.61. The highest BCUT2D eigenvalue weighted by molar-refractivity contribution is 9.10. The lowest BCUT2D eigenvalue weighted by Gasteiger charge is -2.11. The zero-order chi connectivity index (χ0) is 13.0. The number of aryl methyl sites for hydroxylation is 1. The zero-order valence-electron chi connectivity index (χ0n) is 10.6. The number of hydrogen-bond donors (Lipinski definition) is 2. The van der Waals surface area contributed by atoms with Gasteiger partial charge in [-0.25, -0.2) is 0 Å². The molecule has 2 aromatic carbocycles. The Morgan fingerprint density at radius 3 is 2.67 bits per heavy atom. The maximum Gasteiger partial charge on any atom is 0.0401 e. The van der Waals surface area contributed by atoms with Crippen molar-refractivity contribution >= 4 is 27.3 Å². The predicted molar refractivity (Wildman–Crippen MR) is 82.2 cm³/mol. The fourth-order valence-electron chi connectivity index (χ4n) is 1.86. The normalized spacial score (nSPS) is 10.2. The average molecular weight is 305 g/mol. The van der Waals surface area contributed by atoms with Crippen molar-refractivity contribution < 1.29 is 0 Å². The highest BCUT2D eigenvalue weighted by Gasteiger charge is 1.99. The molecule has 2 rings (SSSR count). The molecule has 2 aromatic rings. The quantitative estimate of drug-likeness (QED) is 0.874. The van der Waals surface area contributed by atoms with E-state index in [1.54, 1.807) is 0 Å². The van der Waals surface area contributed by atoms with Crippen LogP contribution in [0.4, 0.5) is 11.4 Å². The molecule has 0 radical (unpaired) electrons. The molecule has 0 saturated carbocycles. The molecule has 94 valence electrons. The number of benzene rings is 2. The lowest BCUT2D eigenvalue weighted by Crippen LogP contribution is -2.01. The summed E-state index contributed by atoms with van der Waals surface area (Å²) in [6.45, 7) is 2.94. The molecule has 3 heteroatoms. The van der Waals surface area contributed by atoms with Crippen molar-refractivity contribution in [3.05, 3.63) is 58.1 Å². The molecule has 2 N–H and O–H groups in total. The molecule has 0 bridgehead atoms. The molecule has 0 aliphatic carbocycles. The van der Waals surface area contributed by atoms with E-state index >= 15 is 0 Å². The molecule has 0 aliphatic rings. The average Bonchev–Trinajstić information content (AvgIpc) is 2.38. The Bertz CT molecular complexity index is 538. The third-order valence-electron chi connectivity index (χ3n) is 2.89. The zero-order valence-corrected chi connectivity index (χ0v) is 12.2. The van der Waals surface area contributed by atoms with E-state index < -0.39 is 0 Å². The molecule has 0 fully saturated rings. The third kappa shape index (κ3) is 3.26. The van der Waals surface area contributed by atoms with E-state index in [0.717, 1.165) is 16.7 Å². The summed E-state index contributed by atoms with van der Waals surface area (Å²) >= 11 is 3.48. The first-order valence-corrected chi connectivity index (χ1v) is 6.75. The van der Waals surface area contributed by atoms with Gasteiger partial charge in [0.1, 0.15) is 0 Å². The molecule has 0 unspecified atom stereocenters. The molecular weight excluding hydrogens is 288 g/mol. The lowest BCUT2D eigenvalue weighted by molar-refractivity contribution is 1.14. The van der Waals surface area contributed by atoms with Gasteiger partial charge in [0.25, 0.3) is 0 Å². The molecule has 0 heterocycles. The van der Waals surface area contributed by atoms with Crippen LogP contribution in [0.3, 0.4) is 0 Å². The maximum absolute atomic E-state index is 3.48. The van der Waals surface area contributed by atoms with Gasteiger partial charge in [0.05, 0.1) is 0 Å². The Kier molecular flexibility index (Phi) is 4.26. The van der Waals surface area contributed by atoms with E-state index in [4.69, 9.17) is 0 Å². The molecular formula is C15H17BrN2. The van der Waals surface area contributed by atoms with Gasteiger partial charge in [0, 0.05) is 29.4 Å². The van der Waals surface area contributed by atoms with Crippen LogP contribution in [-0.2, 0) is 6.54 Å². The first-order chi connectivity index (χ1) is 8.69. The van der Waals surface area contributed by atoms with Crippen molar-refractivity contribution in [1.29, 1.82) is 0 Å². The molecule has 0 saturated heterocycles. The van der Waals surface area contributed by atoms with Gasteiger partial charge in [-0.15, -0.1) is 0 Å². The minimum atomic E-state index is 0.831. The van der Waals surface area contributed by atoms with Gasteiger partial charge in [-0.3, -0.25) is 0 Å². The van der Waals surface area contributed by atoms with Crippen LogP contribution >= 0.6 is 15.9 Å². The molecule has 2 nitrogen and oxygen atoms in total.